The highest BCUT2D eigenvalue weighted by Crippen LogP contribution is 2.17. The minimum Gasteiger partial charge on any atom is -0.494 e. The second kappa shape index (κ2) is 11.3. The first-order valence-electron chi connectivity index (χ1n) is 8.20. The quantitative estimate of drug-likeness (QED) is 0.662. The number of nitrogens with two attached hydrogens (primary N) is 1. The van der Waals surface area contributed by atoms with Gasteiger partial charge in [0.2, 0.25) is 0 Å². The van der Waals surface area contributed by atoms with Crippen LogP contribution in [-0.4, -0.2) is 25.7 Å². The van der Waals surface area contributed by atoms with Crippen LogP contribution >= 0.6 is 12.4 Å². The summed E-state index contributed by atoms with van der Waals surface area (Å²) in [4.78, 5) is 12.2. The zero-order valence-electron chi connectivity index (χ0n) is 14.4. The summed E-state index contributed by atoms with van der Waals surface area (Å²) in [6.07, 6.45) is 2.11. The average molecular weight is 365 g/mol. The Bertz CT molecular complexity index is 630. The minimum absolute atomic E-state index is 0. The summed E-state index contributed by atoms with van der Waals surface area (Å²) in [7, 11) is 0. The highest BCUT2D eigenvalue weighted by Gasteiger charge is 2.06. The van der Waals surface area contributed by atoms with Crippen molar-refractivity contribution in [2.24, 2.45) is 5.73 Å². The third kappa shape index (κ3) is 7.03. The van der Waals surface area contributed by atoms with Crippen molar-refractivity contribution in [3.8, 4) is 11.5 Å². The summed E-state index contributed by atoms with van der Waals surface area (Å²) in [6.45, 7) is 3.75. The van der Waals surface area contributed by atoms with Gasteiger partial charge in [0.25, 0.3) is 5.91 Å². The number of carbonyl (C=O) groups excluding carboxylic acids is 1. The molecule has 0 aromatic heterocycles. The van der Waals surface area contributed by atoms with E-state index in [9.17, 15) is 4.79 Å². The molecule has 0 bridgehead atoms. The van der Waals surface area contributed by atoms with Crippen molar-refractivity contribution >= 4 is 24.0 Å². The number of halogens is 1. The molecule has 5 nitrogen and oxygen atoms in total. The smallest absolute Gasteiger partial charge is 0.255 e. The van der Waals surface area contributed by atoms with Crippen molar-refractivity contribution in [1.82, 2.24) is 0 Å². The van der Waals surface area contributed by atoms with Gasteiger partial charge in [0, 0.05) is 17.8 Å². The van der Waals surface area contributed by atoms with Gasteiger partial charge in [-0.2, -0.15) is 0 Å². The molecule has 0 unspecified atom stereocenters. The van der Waals surface area contributed by atoms with Crippen molar-refractivity contribution in [3.05, 3.63) is 54.1 Å². The van der Waals surface area contributed by atoms with Crippen molar-refractivity contribution in [2.45, 2.75) is 19.8 Å². The fourth-order valence-electron chi connectivity index (χ4n) is 2.05. The molecule has 3 N–H and O–H groups in total. The first-order chi connectivity index (χ1) is 11.7. The summed E-state index contributed by atoms with van der Waals surface area (Å²) in [5, 5.41) is 2.85. The van der Waals surface area contributed by atoms with E-state index in [0.717, 1.165) is 24.3 Å². The van der Waals surface area contributed by atoms with Gasteiger partial charge in [-0.05, 0) is 55.0 Å². The van der Waals surface area contributed by atoms with E-state index in [1.54, 1.807) is 36.4 Å². The Hall–Kier alpha value is -2.24. The molecule has 2 rings (SSSR count). The van der Waals surface area contributed by atoms with Crippen LogP contribution in [0.4, 0.5) is 5.69 Å². The Balaban J connectivity index is 0.00000312. The number of amides is 1. The van der Waals surface area contributed by atoms with Crippen molar-refractivity contribution in [3.63, 3.8) is 0 Å². The van der Waals surface area contributed by atoms with Gasteiger partial charge in [0.05, 0.1) is 6.61 Å². The summed E-state index contributed by atoms with van der Waals surface area (Å²) < 4.78 is 11.0. The summed E-state index contributed by atoms with van der Waals surface area (Å²) in [5.74, 6) is 1.35. The molecule has 0 saturated carbocycles. The molecule has 2 aromatic rings. The van der Waals surface area contributed by atoms with E-state index in [0.29, 0.717) is 31.0 Å². The van der Waals surface area contributed by atoms with Crippen LogP contribution in [0.5, 0.6) is 11.5 Å². The third-order valence-electron chi connectivity index (χ3n) is 3.38. The molecule has 6 heteroatoms. The number of unbranched alkanes of at least 4 members (excludes halogenated alkanes) is 1. The largest absolute Gasteiger partial charge is 0.494 e. The van der Waals surface area contributed by atoms with E-state index in [-0.39, 0.29) is 18.3 Å². The number of nitrogens with one attached hydrogen (secondary N) is 1. The number of hydrogen-bond donors (Lipinski definition) is 2. The molecule has 0 aliphatic carbocycles. The lowest BCUT2D eigenvalue weighted by Crippen LogP contribution is -2.12. The fourth-order valence-corrected chi connectivity index (χ4v) is 2.05. The summed E-state index contributed by atoms with van der Waals surface area (Å²) >= 11 is 0. The van der Waals surface area contributed by atoms with E-state index in [2.05, 4.69) is 12.2 Å². The first-order valence-corrected chi connectivity index (χ1v) is 8.20. The number of hydrogen-bond acceptors (Lipinski definition) is 4. The first kappa shape index (κ1) is 20.8. The standard InChI is InChI=1S/C19H24N2O3.ClH/c1-2-3-13-23-17-8-4-15(5-9-17)19(22)21-16-6-10-18(11-7-16)24-14-12-20;/h4-11H,2-3,12-14,20H2,1H3,(H,21,22);1H. The van der Waals surface area contributed by atoms with E-state index < -0.39 is 0 Å². The van der Waals surface area contributed by atoms with Crippen molar-refractivity contribution in [1.29, 1.82) is 0 Å². The molecule has 0 radical (unpaired) electrons. The second-order valence-corrected chi connectivity index (χ2v) is 5.34. The Morgan fingerprint density at radius 1 is 0.960 bits per heavy atom. The maximum absolute atomic E-state index is 12.2. The number of benzene rings is 2. The zero-order chi connectivity index (χ0) is 17.2. The Morgan fingerprint density at radius 2 is 1.52 bits per heavy atom. The van der Waals surface area contributed by atoms with Crippen LogP contribution < -0.4 is 20.5 Å². The van der Waals surface area contributed by atoms with Crippen molar-refractivity contribution in [2.75, 3.05) is 25.1 Å². The van der Waals surface area contributed by atoms with Crippen LogP contribution in [0.25, 0.3) is 0 Å². The maximum atomic E-state index is 12.2. The molecule has 136 valence electrons. The highest BCUT2D eigenvalue weighted by atomic mass is 35.5. The molecular formula is C19H25ClN2O3. The van der Waals surface area contributed by atoms with Crippen LogP contribution in [0.1, 0.15) is 30.1 Å². The predicted molar refractivity (Wildman–Crippen MR) is 103 cm³/mol. The van der Waals surface area contributed by atoms with Gasteiger partial charge < -0.3 is 20.5 Å². The van der Waals surface area contributed by atoms with Crippen LogP contribution in [0, 0.1) is 0 Å². The minimum atomic E-state index is -0.161. The third-order valence-corrected chi connectivity index (χ3v) is 3.38. The normalized spacial score (nSPS) is 9.84. The maximum Gasteiger partial charge on any atom is 0.255 e. The van der Waals surface area contributed by atoms with Crippen LogP contribution in [-0.2, 0) is 0 Å². The Kier molecular flexibility index (Phi) is 9.43. The summed E-state index contributed by atoms with van der Waals surface area (Å²) in [5.41, 5.74) is 6.69. The topological polar surface area (TPSA) is 73.6 Å². The van der Waals surface area contributed by atoms with Crippen LogP contribution in [0.3, 0.4) is 0 Å². The number of ether oxygens (including phenoxy) is 2. The average Bonchev–Trinajstić information content (AvgIpc) is 2.62. The van der Waals surface area contributed by atoms with Crippen LogP contribution in [0.15, 0.2) is 48.5 Å². The SMILES string of the molecule is CCCCOc1ccc(C(=O)Nc2ccc(OCCN)cc2)cc1.Cl. The van der Waals surface area contributed by atoms with Gasteiger partial charge in [0.15, 0.2) is 0 Å². The molecule has 0 saturated heterocycles. The van der Waals surface area contributed by atoms with Gasteiger partial charge >= 0.3 is 0 Å². The van der Waals surface area contributed by atoms with Crippen molar-refractivity contribution < 1.29 is 14.3 Å². The lowest BCUT2D eigenvalue weighted by Gasteiger charge is -2.09. The monoisotopic (exact) mass is 364 g/mol. The molecule has 0 spiro atoms. The lowest BCUT2D eigenvalue weighted by atomic mass is 10.2. The zero-order valence-corrected chi connectivity index (χ0v) is 15.2. The summed E-state index contributed by atoms with van der Waals surface area (Å²) in [6, 6.07) is 14.3. The number of rotatable bonds is 9. The van der Waals surface area contributed by atoms with E-state index in [4.69, 9.17) is 15.2 Å². The molecule has 0 atom stereocenters. The van der Waals surface area contributed by atoms with E-state index in [1.807, 2.05) is 12.1 Å². The van der Waals surface area contributed by atoms with Gasteiger partial charge in [-0.3, -0.25) is 4.79 Å². The Morgan fingerprint density at radius 3 is 2.08 bits per heavy atom. The van der Waals surface area contributed by atoms with Gasteiger partial charge in [-0.15, -0.1) is 12.4 Å². The Labute approximate surface area is 154 Å². The molecule has 25 heavy (non-hydrogen) atoms. The predicted octanol–water partition coefficient (Wildman–Crippen LogP) is 3.88. The van der Waals surface area contributed by atoms with Gasteiger partial charge in [-0.1, -0.05) is 13.3 Å². The number of carbonyl (C=O) groups is 1. The molecule has 2 aromatic carbocycles. The lowest BCUT2D eigenvalue weighted by molar-refractivity contribution is 0.102. The van der Waals surface area contributed by atoms with E-state index >= 15 is 0 Å². The molecule has 0 fully saturated rings. The molecule has 0 aliphatic heterocycles. The molecule has 1 amide bonds. The highest BCUT2D eigenvalue weighted by molar-refractivity contribution is 6.04. The van der Waals surface area contributed by atoms with Crippen LogP contribution in [0.2, 0.25) is 0 Å². The second-order valence-electron chi connectivity index (χ2n) is 5.34. The molecular weight excluding hydrogens is 340 g/mol. The van der Waals surface area contributed by atoms with Gasteiger partial charge in [-0.25, -0.2) is 0 Å². The molecule has 0 aliphatic rings. The molecule has 0 heterocycles. The number of anilines is 1. The fraction of sp³-hybridized carbons (Fsp3) is 0.316. The van der Waals surface area contributed by atoms with Gasteiger partial charge in [0.1, 0.15) is 18.1 Å². The van der Waals surface area contributed by atoms with E-state index in [1.165, 1.54) is 0 Å².